The zero-order chi connectivity index (χ0) is 18.9. The number of anilines is 1. The number of amides is 1. The number of allylic oxidation sites excluding steroid dienone is 1. The summed E-state index contributed by atoms with van der Waals surface area (Å²) >= 11 is 11.9. The number of halogens is 2. The Morgan fingerprint density at radius 3 is 2.85 bits per heavy atom. The van der Waals surface area contributed by atoms with Gasteiger partial charge in [-0.1, -0.05) is 29.3 Å². The predicted molar refractivity (Wildman–Crippen MR) is 106 cm³/mol. The van der Waals surface area contributed by atoms with Crippen LogP contribution in [0.1, 0.15) is 23.6 Å². The Labute approximate surface area is 168 Å². The minimum atomic E-state index is -0.329. The Balaban J connectivity index is 1.48. The van der Waals surface area contributed by atoms with Crippen molar-refractivity contribution in [1.29, 1.82) is 0 Å². The Morgan fingerprint density at radius 1 is 1.37 bits per heavy atom. The van der Waals surface area contributed by atoms with E-state index in [0.717, 1.165) is 12.1 Å². The maximum absolute atomic E-state index is 13.4. The molecule has 0 saturated heterocycles. The number of aromatic nitrogens is 2. The number of nitrogens with one attached hydrogen (secondary N) is 1. The molecule has 27 heavy (non-hydrogen) atoms. The van der Waals surface area contributed by atoms with Crippen molar-refractivity contribution < 1.29 is 4.79 Å². The molecule has 0 radical (unpaired) electrons. The SMILES string of the molecule is C=C[C@@H]1C[C@@H]2C3[C@H]1[C@@H](c1ccnc(C)c1)[C@@]32C(=O)Nc1cnc(Cl)c(Cl)c1. The average molecular weight is 400 g/mol. The average Bonchev–Trinajstić information content (AvgIpc) is 3.02. The minimum Gasteiger partial charge on any atom is -0.324 e. The predicted octanol–water partition coefficient (Wildman–Crippen LogP) is 4.88. The molecule has 0 aromatic carbocycles. The molecule has 3 aliphatic rings. The molecule has 3 saturated carbocycles. The fraction of sp³-hybridized carbons (Fsp3) is 0.381. The second-order valence-electron chi connectivity index (χ2n) is 7.94. The van der Waals surface area contributed by atoms with Crippen LogP contribution in [0.15, 0.2) is 43.2 Å². The van der Waals surface area contributed by atoms with Gasteiger partial charge in [0.1, 0.15) is 5.15 Å². The molecule has 3 aliphatic carbocycles. The van der Waals surface area contributed by atoms with Crippen LogP contribution < -0.4 is 5.32 Å². The second kappa shape index (κ2) is 5.79. The number of nitrogens with zero attached hydrogens (tertiary/aromatic N) is 2. The molecular formula is C21H19Cl2N3O. The molecule has 0 bridgehead atoms. The molecule has 6 heteroatoms. The van der Waals surface area contributed by atoms with E-state index in [9.17, 15) is 4.79 Å². The van der Waals surface area contributed by atoms with E-state index in [1.54, 1.807) is 12.3 Å². The van der Waals surface area contributed by atoms with E-state index in [2.05, 4.69) is 40.1 Å². The minimum absolute atomic E-state index is 0.0657. The molecule has 3 fully saturated rings. The van der Waals surface area contributed by atoms with Gasteiger partial charge < -0.3 is 5.32 Å². The molecule has 1 unspecified atom stereocenters. The van der Waals surface area contributed by atoms with Crippen molar-refractivity contribution in [3.8, 4) is 0 Å². The monoisotopic (exact) mass is 399 g/mol. The summed E-state index contributed by atoms with van der Waals surface area (Å²) in [6, 6.07) is 5.82. The molecular weight excluding hydrogens is 381 g/mol. The number of carbonyl (C=O) groups is 1. The van der Waals surface area contributed by atoms with Gasteiger partial charge in [-0.2, -0.15) is 0 Å². The standard InChI is InChI=1S/C21H19Cl2N3O/c1-3-11-7-14-18-16(11)17(12-4-5-24-10(2)6-12)21(14,18)20(27)26-13-8-15(22)19(23)25-9-13/h3-6,8-9,11,14,16-18H,1,7H2,2H3,(H,26,27)/t11-,14-,16-,17-,18?,21-/m1/s1. The third-order valence-electron chi connectivity index (χ3n) is 6.85. The maximum Gasteiger partial charge on any atom is 0.231 e. The fourth-order valence-electron chi connectivity index (χ4n) is 5.95. The van der Waals surface area contributed by atoms with Crippen LogP contribution in [0.25, 0.3) is 0 Å². The molecule has 5 rings (SSSR count). The lowest BCUT2D eigenvalue weighted by atomic mass is 9.55. The van der Waals surface area contributed by atoms with Crippen LogP contribution >= 0.6 is 23.2 Å². The Kier molecular flexibility index (Phi) is 3.69. The van der Waals surface area contributed by atoms with E-state index in [1.807, 2.05) is 13.1 Å². The Hall–Kier alpha value is -1.91. The van der Waals surface area contributed by atoms with Crippen LogP contribution in [0.3, 0.4) is 0 Å². The number of aryl methyl sites for hydroxylation is 1. The van der Waals surface area contributed by atoms with E-state index in [-0.39, 0.29) is 22.4 Å². The van der Waals surface area contributed by atoms with Crippen molar-refractivity contribution in [2.24, 2.45) is 29.1 Å². The lowest BCUT2D eigenvalue weighted by molar-refractivity contribution is -0.129. The summed E-state index contributed by atoms with van der Waals surface area (Å²) in [6.07, 6.45) is 6.51. The molecule has 2 aromatic heterocycles. The number of hydrogen-bond donors (Lipinski definition) is 1. The number of rotatable bonds is 4. The van der Waals surface area contributed by atoms with Crippen LogP contribution in [0.2, 0.25) is 10.2 Å². The van der Waals surface area contributed by atoms with Gasteiger partial charge in [-0.3, -0.25) is 9.78 Å². The first-order chi connectivity index (χ1) is 13.0. The summed E-state index contributed by atoms with van der Waals surface area (Å²) in [5.74, 6) is 2.11. The number of fused-ring (bicyclic) bond motifs is 1. The van der Waals surface area contributed by atoms with Gasteiger partial charge in [0, 0.05) is 17.8 Å². The van der Waals surface area contributed by atoms with Gasteiger partial charge in [-0.15, -0.1) is 6.58 Å². The summed E-state index contributed by atoms with van der Waals surface area (Å²) in [7, 11) is 0. The zero-order valence-corrected chi connectivity index (χ0v) is 16.3. The van der Waals surface area contributed by atoms with Gasteiger partial charge in [0.2, 0.25) is 5.91 Å². The molecule has 1 amide bonds. The lowest BCUT2D eigenvalue weighted by Gasteiger charge is -2.48. The van der Waals surface area contributed by atoms with Gasteiger partial charge in [0.15, 0.2) is 0 Å². The van der Waals surface area contributed by atoms with Gasteiger partial charge in [-0.25, -0.2) is 4.98 Å². The summed E-state index contributed by atoms with van der Waals surface area (Å²) in [4.78, 5) is 21.7. The quantitative estimate of drug-likeness (QED) is 0.588. The molecule has 2 aromatic rings. The van der Waals surface area contributed by atoms with Gasteiger partial charge >= 0.3 is 0 Å². The van der Waals surface area contributed by atoms with Crippen LogP contribution in [0, 0.1) is 36.0 Å². The molecule has 2 heterocycles. The first-order valence-corrected chi connectivity index (χ1v) is 9.91. The number of pyridine rings is 2. The lowest BCUT2D eigenvalue weighted by Crippen LogP contribution is -2.49. The van der Waals surface area contributed by atoms with Crippen molar-refractivity contribution in [2.45, 2.75) is 19.3 Å². The van der Waals surface area contributed by atoms with Gasteiger partial charge in [0.05, 0.1) is 22.3 Å². The smallest absolute Gasteiger partial charge is 0.231 e. The first kappa shape index (κ1) is 17.2. The van der Waals surface area contributed by atoms with Crippen LogP contribution in [-0.4, -0.2) is 15.9 Å². The Morgan fingerprint density at radius 2 is 2.19 bits per heavy atom. The normalized spacial score (nSPS) is 35.1. The third kappa shape index (κ3) is 2.20. The maximum atomic E-state index is 13.4. The Bertz CT molecular complexity index is 972. The van der Waals surface area contributed by atoms with Crippen LogP contribution in [0.5, 0.6) is 0 Å². The fourth-order valence-corrected chi connectivity index (χ4v) is 6.22. The molecule has 4 nitrogen and oxygen atoms in total. The van der Waals surface area contributed by atoms with E-state index >= 15 is 0 Å². The number of hydrogen-bond acceptors (Lipinski definition) is 3. The largest absolute Gasteiger partial charge is 0.324 e. The summed E-state index contributed by atoms with van der Waals surface area (Å²) in [6.45, 7) is 6.01. The van der Waals surface area contributed by atoms with Crippen molar-refractivity contribution in [3.63, 3.8) is 0 Å². The van der Waals surface area contributed by atoms with Gasteiger partial charge in [0.25, 0.3) is 0 Å². The van der Waals surface area contributed by atoms with E-state index in [0.29, 0.717) is 34.4 Å². The van der Waals surface area contributed by atoms with E-state index in [4.69, 9.17) is 23.2 Å². The highest BCUT2D eigenvalue weighted by Crippen LogP contribution is 2.88. The molecule has 6 atom stereocenters. The van der Waals surface area contributed by atoms with Gasteiger partial charge in [-0.05, 0) is 60.8 Å². The topological polar surface area (TPSA) is 54.9 Å². The van der Waals surface area contributed by atoms with Crippen molar-refractivity contribution in [1.82, 2.24) is 9.97 Å². The molecule has 138 valence electrons. The van der Waals surface area contributed by atoms with E-state index in [1.165, 1.54) is 5.56 Å². The molecule has 0 spiro atoms. The second-order valence-corrected chi connectivity index (χ2v) is 8.70. The summed E-state index contributed by atoms with van der Waals surface area (Å²) < 4.78 is 0. The highest BCUT2D eigenvalue weighted by molar-refractivity contribution is 6.41. The van der Waals surface area contributed by atoms with Crippen molar-refractivity contribution in [3.05, 3.63) is 64.7 Å². The summed E-state index contributed by atoms with van der Waals surface area (Å²) in [5.41, 5.74) is 2.44. The molecule has 0 aliphatic heterocycles. The highest BCUT2D eigenvalue weighted by Gasteiger charge is 2.88. The van der Waals surface area contributed by atoms with Crippen molar-refractivity contribution >= 4 is 34.8 Å². The highest BCUT2D eigenvalue weighted by atomic mass is 35.5. The van der Waals surface area contributed by atoms with Crippen molar-refractivity contribution in [2.75, 3.05) is 5.32 Å². The van der Waals surface area contributed by atoms with Crippen LogP contribution in [-0.2, 0) is 4.79 Å². The molecule has 1 N–H and O–H groups in total. The first-order valence-electron chi connectivity index (χ1n) is 9.16. The van der Waals surface area contributed by atoms with Crippen LogP contribution in [0.4, 0.5) is 5.69 Å². The number of carbonyl (C=O) groups excluding carboxylic acids is 1. The third-order valence-corrected chi connectivity index (χ3v) is 7.54. The summed E-state index contributed by atoms with van der Waals surface area (Å²) in [5, 5.41) is 3.61. The van der Waals surface area contributed by atoms with E-state index < -0.39 is 0 Å². The zero-order valence-electron chi connectivity index (χ0n) is 14.8.